The van der Waals surface area contributed by atoms with Crippen LogP contribution in [0.3, 0.4) is 0 Å². The maximum absolute atomic E-state index is 11.8. The number of hydrogen-bond donors (Lipinski definition) is 2. The number of aromatic nitrogens is 2. The van der Waals surface area contributed by atoms with E-state index in [4.69, 9.17) is 0 Å². The van der Waals surface area contributed by atoms with Crippen molar-refractivity contribution in [1.82, 2.24) is 15.3 Å². The second-order valence-corrected chi connectivity index (χ2v) is 3.95. The molecule has 0 atom stereocenters. The molecule has 2 aromatic rings. The first-order chi connectivity index (χ1) is 8.70. The van der Waals surface area contributed by atoms with Crippen LogP contribution in [-0.4, -0.2) is 22.2 Å². The monoisotopic (exact) mass is 243 g/mol. The van der Waals surface area contributed by atoms with Gasteiger partial charge in [-0.05, 0) is 12.5 Å². The number of nitrogens with zero attached hydrogens (tertiary/aromatic N) is 1. The van der Waals surface area contributed by atoms with E-state index in [2.05, 4.69) is 15.3 Å². The highest BCUT2D eigenvalue weighted by Gasteiger charge is 2.13. The second kappa shape index (κ2) is 5.27. The molecule has 1 aromatic carbocycles. The van der Waals surface area contributed by atoms with E-state index in [9.17, 15) is 9.59 Å². The Bertz CT molecular complexity index is 575. The van der Waals surface area contributed by atoms with Gasteiger partial charge in [0, 0.05) is 6.54 Å². The van der Waals surface area contributed by atoms with Crippen LogP contribution in [0.2, 0.25) is 0 Å². The van der Waals surface area contributed by atoms with Gasteiger partial charge in [0.05, 0.1) is 6.33 Å². The van der Waals surface area contributed by atoms with Crippen LogP contribution in [0.4, 0.5) is 0 Å². The van der Waals surface area contributed by atoms with Gasteiger partial charge >= 0.3 is 0 Å². The molecule has 2 N–H and O–H groups in total. The highest BCUT2D eigenvalue weighted by molar-refractivity contribution is 5.98. The Hall–Kier alpha value is -2.43. The number of benzene rings is 1. The topological polar surface area (TPSA) is 74.8 Å². The summed E-state index contributed by atoms with van der Waals surface area (Å²) >= 11 is 0. The molecule has 5 heteroatoms. The van der Waals surface area contributed by atoms with Crippen molar-refractivity contribution in [2.24, 2.45) is 0 Å². The number of rotatable bonds is 4. The standard InChI is InChI=1S/C13H13N3O2/c1-9-3-2-4-10(5-9)6-14-13(18)12-11(7-17)15-8-16-12/h2-5,7-8H,6H2,1H3,(H,14,18)(H,15,16). The molecule has 0 bridgehead atoms. The molecule has 0 fully saturated rings. The van der Waals surface area contributed by atoms with E-state index in [0.29, 0.717) is 12.8 Å². The van der Waals surface area contributed by atoms with Crippen molar-refractivity contribution >= 4 is 12.2 Å². The number of aldehydes is 1. The van der Waals surface area contributed by atoms with Crippen LogP contribution in [0, 0.1) is 6.92 Å². The average molecular weight is 243 g/mol. The van der Waals surface area contributed by atoms with Gasteiger partial charge in [-0.15, -0.1) is 0 Å². The van der Waals surface area contributed by atoms with Crippen LogP contribution in [0.25, 0.3) is 0 Å². The summed E-state index contributed by atoms with van der Waals surface area (Å²) < 4.78 is 0. The lowest BCUT2D eigenvalue weighted by Gasteiger charge is -2.04. The fourth-order valence-corrected chi connectivity index (χ4v) is 1.66. The van der Waals surface area contributed by atoms with Gasteiger partial charge < -0.3 is 10.3 Å². The number of hydrogen-bond acceptors (Lipinski definition) is 3. The summed E-state index contributed by atoms with van der Waals surface area (Å²) in [5, 5.41) is 2.72. The molecule has 0 aliphatic carbocycles. The SMILES string of the molecule is Cc1cccc(CNC(=O)c2nc[nH]c2C=O)c1. The third kappa shape index (κ3) is 2.63. The van der Waals surface area contributed by atoms with Crippen LogP contribution in [0.15, 0.2) is 30.6 Å². The van der Waals surface area contributed by atoms with Gasteiger partial charge in [-0.1, -0.05) is 29.8 Å². The minimum absolute atomic E-state index is 0.123. The first-order valence-corrected chi connectivity index (χ1v) is 5.53. The van der Waals surface area contributed by atoms with Gasteiger partial charge in [-0.3, -0.25) is 9.59 Å². The normalized spacial score (nSPS) is 10.1. The van der Waals surface area contributed by atoms with Crippen molar-refractivity contribution in [3.63, 3.8) is 0 Å². The molecule has 92 valence electrons. The first kappa shape index (κ1) is 12.0. The van der Waals surface area contributed by atoms with Gasteiger partial charge in [0.15, 0.2) is 12.0 Å². The molecular weight excluding hydrogens is 230 g/mol. The number of carbonyl (C=O) groups is 2. The molecule has 5 nitrogen and oxygen atoms in total. The van der Waals surface area contributed by atoms with Gasteiger partial charge in [-0.25, -0.2) is 4.98 Å². The number of aromatic amines is 1. The zero-order valence-corrected chi connectivity index (χ0v) is 9.93. The molecule has 2 rings (SSSR count). The predicted octanol–water partition coefficient (Wildman–Crippen LogP) is 1.46. The Morgan fingerprint density at radius 1 is 1.50 bits per heavy atom. The Morgan fingerprint density at radius 3 is 3.06 bits per heavy atom. The van der Waals surface area contributed by atoms with E-state index in [1.165, 1.54) is 6.33 Å². The van der Waals surface area contributed by atoms with Crippen molar-refractivity contribution in [2.75, 3.05) is 0 Å². The molecule has 1 amide bonds. The van der Waals surface area contributed by atoms with Gasteiger partial charge in [0.1, 0.15) is 5.69 Å². The summed E-state index contributed by atoms with van der Waals surface area (Å²) in [4.78, 5) is 28.9. The highest BCUT2D eigenvalue weighted by atomic mass is 16.2. The Morgan fingerprint density at radius 2 is 2.33 bits per heavy atom. The number of aryl methyl sites for hydroxylation is 1. The third-order valence-corrected chi connectivity index (χ3v) is 2.54. The summed E-state index contributed by atoms with van der Waals surface area (Å²) in [6.45, 7) is 2.40. The van der Waals surface area contributed by atoms with E-state index < -0.39 is 0 Å². The van der Waals surface area contributed by atoms with E-state index in [1.54, 1.807) is 0 Å². The van der Waals surface area contributed by atoms with Gasteiger partial charge in [0.2, 0.25) is 0 Å². The molecular formula is C13H13N3O2. The molecule has 0 unspecified atom stereocenters. The van der Waals surface area contributed by atoms with Crippen LogP contribution in [0.5, 0.6) is 0 Å². The van der Waals surface area contributed by atoms with Crippen molar-refractivity contribution in [3.8, 4) is 0 Å². The summed E-state index contributed by atoms with van der Waals surface area (Å²) in [5.41, 5.74) is 2.45. The molecule has 0 aliphatic heterocycles. The summed E-state index contributed by atoms with van der Waals surface area (Å²) in [5.74, 6) is -0.361. The lowest BCUT2D eigenvalue weighted by Crippen LogP contribution is -2.24. The van der Waals surface area contributed by atoms with Crippen LogP contribution in [0.1, 0.15) is 32.1 Å². The van der Waals surface area contributed by atoms with Crippen molar-refractivity contribution in [2.45, 2.75) is 13.5 Å². The zero-order valence-electron chi connectivity index (χ0n) is 9.93. The number of imidazole rings is 1. The first-order valence-electron chi connectivity index (χ1n) is 5.53. The van der Waals surface area contributed by atoms with E-state index in [1.807, 2.05) is 31.2 Å². The zero-order chi connectivity index (χ0) is 13.0. The number of amides is 1. The van der Waals surface area contributed by atoms with E-state index >= 15 is 0 Å². The number of carbonyl (C=O) groups excluding carboxylic acids is 2. The van der Waals surface area contributed by atoms with E-state index in [-0.39, 0.29) is 17.3 Å². The lowest BCUT2D eigenvalue weighted by atomic mass is 10.1. The summed E-state index contributed by atoms with van der Waals surface area (Å²) in [6, 6.07) is 7.84. The molecule has 0 aliphatic rings. The Balaban J connectivity index is 2.03. The Labute approximate surface area is 104 Å². The van der Waals surface area contributed by atoms with Gasteiger partial charge in [0.25, 0.3) is 5.91 Å². The number of nitrogens with one attached hydrogen (secondary N) is 2. The fraction of sp³-hybridized carbons (Fsp3) is 0.154. The molecule has 0 saturated heterocycles. The minimum Gasteiger partial charge on any atom is -0.347 e. The van der Waals surface area contributed by atoms with Crippen LogP contribution in [-0.2, 0) is 6.54 Å². The van der Waals surface area contributed by atoms with Gasteiger partial charge in [-0.2, -0.15) is 0 Å². The van der Waals surface area contributed by atoms with Crippen molar-refractivity contribution < 1.29 is 9.59 Å². The minimum atomic E-state index is -0.361. The third-order valence-electron chi connectivity index (χ3n) is 2.54. The molecule has 0 saturated carbocycles. The smallest absolute Gasteiger partial charge is 0.272 e. The largest absolute Gasteiger partial charge is 0.347 e. The lowest BCUT2D eigenvalue weighted by molar-refractivity contribution is 0.0940. The maximum Gasteiger partial charge on any atom is 0.272 e. The maximum atomic E-state index is 11.8. The fourth-order valence-electron chi connectivity index (χ4n) is 1.66. The molecule has 1 aromatic heterocycles. The molecule has 18 heavy (non-hydrogen) atoms. The number of H-pyrrole nitrogens is 1. The molecule has 0 spiro atoms. The van der Waals surface area contributed by atoms with Crippen LogP contribution < -0.4 is 5.32 Å². The second-order valence-electron chi connectivity index (χ2n) is 3.95. The van der Waals surface area contributed by atoms with Crippen molar-refractivity contribution in [1.29, 1.82) is 0 Å². The average Bonchev–Trinajstić information content (AvgIpc) is 2.84. The predicted molar refractivity (Wildman–Crippen MR) is 66.3 cm³/mol. The van der Waals surface area contributed by atoms with Crippen molar-refractivity contribution in [3.05, 3.63) is 53.1 Å². The summed E-state index contributed by atoms with van der Waals surface area (Å²) in [6.07, 6.45) is 1.90. The molecule has 0 radical (unpaired) electrons. The Kier molecular flexibility index (Phi) is 3.52. The summed E-state index contributed by atoms with van der Waals surface area (Å²) in [7, 11) is 0. The van der Waals surface area contributed by atoms with Crippen LogP contribution >= 0.6 is 0 Å². The highest BCUT2D eigenvalue weighted by Crippen LogP contribution is 2.04. The molecule has 1 heterocycles. The van der Waals surface area contributed by atoms with E-state index in [0.717, 1.165) is 11.1 Å². The quantitative estimate of drug-likeness (QED) is 0.798.